The van der Waals surface area contributed by atoms with E-state index in [0.29, 0.717) is 19.0 Å². The third-order valence-corrected chi connectivity index (χ3v) is 5.81. The maximum Gasteiger partial charge on any atom is 0.236 e. The van der Waals surface area contributed by atoms with Gasteiger partial charge in [0.1, 0.15) is 5.82 Å². The molecule has 1 amide bonds. The average molecular weight is 436 g/mol. The quantitative estimate of drug-likeness (QED) is 0.478. The number of aromatic nitrogens is 3. The minimum absolute atomic E-state index is 0.200. The Hall–Kier alpha value is -3.13. The van der Waals surface area contributed by atoms with Gasteiger partial charge in [-0.1, -0.05) is 6.92 Å². The van der Waals surface area contributed by atoms with Crippen LogP contribution in [-0.2, 0) is 11.3 Å². The molecule has 32 heavy (non-hydrogen) atoms. The Morgan fingerprint density at radius 3 is 2.75 bits per heavy atom. The van der Waals surface area contributed by atoms with Crippen LogP contribution in [-0.4, -0.2) is 58.6 Å². The van der Waals surface area contributed by atoms with E-state index in [1.54, 1.807) is 0 Å². The summed E-state index contributed by atoms with van der Waals surface area (Å²) in [6.07, 6.45) is 8.64. The highest BCUT2D eigenvalue weighted by atomic mass is 16.2. The molecule has 1 aliphatic heterocycles. The van der Waals surface area contributed by atoms with Crippen molar-refractivity contribution in [1.29, 1.82) is 0 Å². The van der Waals surface area contributed by atoms with Gasteiger partial charge in [0.15, 0.2) is 0 Å². The lowest BCUT2D eigenvalue weighted by Crippen LogP contribution is -2.40. The van der Waals surface area contributed by atoms with Crippen molar-refractivity contribution in [2.45, 2.75) is 39.2 Å². The number of likely N-dealkylation sites (tertiary alicyclic amines) is 1. The zero-order valence-corrected chi connectivity index (χ0v) is 19.0. The van der Waals surface area contributed by atoms with Crippen LogP contribution >= 0.6 is 0 Å². The number of anilines is 2. The van der Waals surface area contributed by atoms with Gasteiger partial charge in [-0.15, -0.1) is 0 Å². The highest BCUT2D eigenvalue weighted by Crippen LogP contribution is 2.25. The molecule has 4 rings (SSSR count). The predicted octanol–water partition coefficient (Wildman–Crippen LogP) is 3.39. The first-order valence-electron chi connectivity index (χ1n) is 11.6. The monoisotopic (exact) mass is 435 g/mol. The third kappa shape index (κ3) is 5.19. The lowest BCUT2D eigenvalue weighted by atomic mass is 10.1. The first-order chi connectivity index (χ1) is 15.7. The van der Waals surface area contributed by atoms with Gasteiger partial charge < -0.3 is 25.4 Å². The molecule has 1 fully saturated rings. The van der Waals surface area contributed by atoms with E-state index in [4.69, 9.17) is 0 Å². The summed E-state index contributed by atoms with van der Waals surface area (Å²) < 4.78 is 2.09. The van der Waals surface area contributed by atoms with Gasteiger partial charge in [0.2, 0.25) is 11.9 Å². The fraction of sp³-hybridized carbons (Fsp3) is 0.458. The predicted molar refractivity (Wildman–Crippen MR) is 129 cm³/mol. The van der Waals surface area contributed by atoms with Gasteiger partial charge in [0.25, 0.3) is 0 Å². The Bertz CT molecular complexity index is 1060. The Kier molecular flexibility index (Phi) is 7.21. The maximum atomic E-state index is 12.3. The largest absolute Gasteiger partial charge is 0.369 e. The molecule has 0 atom stereocenters. The van der Waals surface area contributed by atoms with Gasteiger partial charge >= 0.3 is 0 Å². The van der Waals surface area contributed by atoms with Crippen molar-refractivity contribution in [2.75, 3.05) is 43.9 Å². The molecule has 1 saturated heterocycles. The summed E-state index contributed by atoms with van der Waals surface area (Å²) in [6.45, 7) is 5.84. The average Bonchev–Trinajstić information content (AvgIpc) is 3.31. The second kappa shape index (κ2) is 10.5. The van der Waals surface area contributed by atoms with Crippen molar-refractivity contribution in [3.63, 3.8) is 0 Å². The van der Waals surface area contributed by atoms with Crippen LogP contribution in [0.25, 0.3) is 16.6 Å². The van der Waals surface area contributed by atoms with E-state index in [0.717, 1.165) is 66.9 Å². The van der Waals surface area contributed by atoms with Crippen LogP contribution in [0.1, 0.15) is 38.2 Å². The van der Waals surface area contributed by atoms with E-state index in [1.165, 1.54) is 6.42 Å². The van der Waals surface area contributed by atoms with Crippen LogP contribution in [0.2, 0.25) is 0 Å². The fourth-order valence-corrected chi connectivity index (χ4v) is 4.04. The lowest BCUT2D eigenvalue weighted by molar-refractivity contribution is -0.131. The van der Waals surface area contributed by atoms with E-state index in [-0.39, 0.29) is 5.91 Å². The fourth-order valence-electron chi connectivity index (χ4n) is 4.04. The Balaban J connectivity index is 1.43. The summed E-state index contributed by atoms with van der Waals surface area (Å²) in [5.74, 6) is 1.65. The number of carbonyl (C=O) groups is 1. The van der Waals surface area contributed by atoms with E-state index in [1.807, 2.05) is 18.1 Å². The van der Waals surface area contributed by atoms with Crippen LogP contribution < -0.4 is 16.0 Å². The Morgan fingerprint density at radius 2 is 1.97 bits per heavy atom. The molecule has 0 spiro atoms. The van der Waals surface area contributed by atoms with E-state index in [9.17, 15) is 4.79 Å². The van der Waals surface area contributed by atoms with Crippen LogP contribution in [0.15, 0.2) is 36.7 Å². The first kappa shape index (κ1) is 22.1. The summed E-state index contributed by atoms with van der Waals surface area (Å²) >= 11 is 0. The molecule has 1 aliphatic rings. The SMILES string of the molecule is CCCNc1nc(NC)nc2cc(-n3ccc(CNCC(=O)N4CCCCC4)c3)ccc12. The molecule has 170 valence electrons. The molecule has 3 N–H and O–H groups in total. The second-order valence-electron chi connectivity index (χ2n) is 8.25. The normalized spacial score (nSPS) is 14.0. The van der Waals surface area contributed by atoms with E-state index < -0.39 is 0 Å². The molecule has 8 nitrogen and oxygen atoms in total. The molecular weight excluding hydrogens is 402 g/mol. The molecule has 3 heterocycles. The molecule has 0 aliphatic carbocycles. The van der Waals surface area contributed by atoms with Crippen LogP contribution in [0.5, 0.6) is 0 Å². The van der Waals surface area contributed by atoms with Crippen LogP contribution in [0, 0.1) is 0 Å². The number of amides is 1. The van der Waals surface area contributed by atoms with Gasteiger partial charge in [-0.25, -0.2) is 4.98 Å². The minimum Gasteiger partial charge on any atom is -0.369 e. The smallest absolute Gasteiger partial charge is 0.236 e. The molecule has 1 aromatic carbocycles. The van der Waals surface area contributed by atoms with Gasteiger partial charge in [-0.2, -0.15) is 4.98 Å². The standard InChI is InChI=1S/C24H33N7O/c1-3-10-27-23-20-8-7-19(14-21(20)28-24(25-2)29-23)31-13-9-18(17-31)15-26-16-22(32)30-11-5-4-6-12-30/h7-9,13-14,17,26H,3-6,10-12,15-16H2,1-2H3,(H2,25,27,28,29). The summed E-state index contributed by atoms with van der Waals surface area (Å²) in [5, 5.41) is 10.7. The zero-order chi connectivity index (χ0) is 22.3. The van der Waals surface area contributed by atoms with Crippen LogP contribution in [0.4, 0.5) is 11.8 Å². The van der Waals surface area contributed by atoms with E-state index >= 15 is 0 Å². The number of nitrogens with one attached hydrogen (secondary N) is 3. The number of carbonyl (C=O) groups excluding carboxylic acids is 1. The van der Waals surface area contributed by atoms with Crippen molar-refractivity contribution in [1.82, 2.24) is 24.8 Å². The maximum absolute atomic E-state index is 12.3. The summed E-state index contributed by atoms with van der Waals surface area (Å²) in [7, 11) is 1.83. The molecule has 0 radical (unpaired) electrons. The van der Waals surface area contributed by atoms with Crippen molar-refractivity contribution in [3.8, 4) is 5.69 Å². The number of hydrogen-bond donors (Lipinski definition) is 3. The van der Waals surface area contributed by atoms with Gasteiger partial charge in [0.05, 0.1) is 12.1 Å². The first-order valence-corrected chi connectivity index (χ1v) is 11.6. The molecular formula is C24H33N7O. The van der Waals surface area contributed by atoms with Crippen molar-refractivity contribution < 1.29 is 4.79 Å². The molecule has 0 saturated carbocycles. The minimum atomic E-state index is 0.200. The Morgan fingerprint density at radius 1 is 1.12 bits per heavy atom. The number of piperidine rings is 1. The topological polar surface area (TPSA) is 87.1 Å². The van der Waals surface area contributed by atoms with Crippen molar-refractivity contribution in [2.24, 2.45) is 0 Å². The van der Waals surface area contributed by atoms with Crippen molar-refractivity contribution >= 4 is 28.6 Å². The summed E-state index contributed by atoms with van der Waals surface area (Å²) in [4.78, 5) is 23.5. The molecule has 0 unspecified atom stereocenters. The number of hydrogen-bond acceptors (Lipinski definition) is 6. The third-order valence-electron chi connectivity index (χ3n) is 5.81. The summed E-state index contributed by atoms with van der Waals surface area (Å²) in [6, 6.07) is 8.30. The molecule has 0 bridgehead atoms. The zero-order valence-electron chi connectivity index (χ0n) is 19.0. The highest BCUT2D eigenvalue weighted by molar-refractivity contribution is 5.91. The highest BCUT2D eigenvalue weighted by Gasteiger charge is 2.15. The lowest BCUT2D eigenvalue weighted by Gasteiger charge is -2.26. The summed E-state index contributed by atoms with van der Waals surface area (Å²) in [5.41, 5.74) is 3.07. The second-order valence-corrected chi connectivity index (χ2v) is 8.25. The number of benzene rings is 1. The molecule has 3 aromatic rings. The Labute approximate surface area is 189 Å². The van der Waals surface area contributed by atoms with Gasteiger partial charge in [-0.3, -0.25) is 4.79 Å². The number of nitrogens with zero attached hydrogens (tertiary/aromatic N) is 4. The number of fused-ring (bicyclic) bond motifs is 1. The van der Waals surface area contributed by atoms with Crippen LogP contribution in [0.3, 0.4) is 0 Å². The van der Waals surface area contributed by atoms with Gasteiger partial charge in [-0.05, 0) is 55.5 Å². The molecule has 2 aromatic heterocycles. The molecule has 8 heteroatoms. The van der Waals surface area contributed by atoms with E-state index in [2.05, 4.69) is 67.9 Å². The van der Waals surface area contributed by atoms with Gasteiger partial charge in [0, 0.05) is 56.7 Å². The van der Waals surface area contributed by atoms with Crippen molar-refractivity contribution in [3.05, 3.63) is 42.2 Å². The number of rotatable bonds is 9.